The van der Waals surface area contributed by atoms with Gasteiger partial charge < -0.3 is 19.5 Å². The fourth-order valence-electron chi connectivity index (χ4n) is 4.46. The van der Waals surface area contributed by atoms with Crippen LogP contribution in [-0.2, 0) is 20.7 Å². The maximum absolute atomic E-state index is 13.3. The van der Waals surface area contributed by atoms with Gasteiger partial charge in [-0.25, -0.2) is 9.59 Å². The van der Waals surface area contributed by atoms with Crippen LogP contribution < -0.4 is 10.1 Å². The highest BCUT2D eigenvalue weighted by Gasteiger charge is 2.54. The third-order valence-electron chi connectivity index (χ3n) is 6.06. The van der Waals surface area contributed by atoms with Gasteiger partial charge in [0.25, 0.3) is 0 Å². The molecule has 0 saturated carbocycles. The van der Waals surface area contributed by atoms with E-state index in [4.69, 9.17) is 14.2 Å². The molecule has 1 aliphatic rings. The third kappa shape index (κ3) is 5.32. The second-order valence-corrected chi connectivity index (χ2v) is 9.68. The van der Waals surface area contributed by atoms with Crippen molar-refractivity contribution in [2.45, 2.75) is 50.9 Å². The van der Waals surface area contributed by atoms with Crippen LogP contribution in [0.2, 0.25) is 0 Å². The molecule has 2 unspecified atom stereocenters. The van der Waals surface area contributed by atoms with Crippen LogP contribution in [0.4, 0.5) is 4.79 Å². The summed E-state index contributed by atoms with van der Waals surface area (Å²) >= 11 is 0. The van der Waals surface area contributed by atoms with Crippen molar-refractivity contribution >= 4 is 12.1 Å². The van der Waals surface area contributed by atoms with Crippen LogP contribution >= 0.6 is 0 Å². The highest BCUT2D eigenvalue weighted by molar-refractivity contribution is 5.87. The second kappa shape index (κ2) is 9.82. The van der Waals surface area contributed by atoms with Crippen molar-refractivity contribution in [2.24, 2.45) is 0 Å². The van der Waals surface area contributed by atoms with Gasteiger partial charge in [0, 0.05) is 0 Å². The number of methoxy groups -OCH3 is 1. The number of fused-ring (bicyclic) bond motifs is 1. The molecular formula is C29H31NO5. The van der Waals surface area contributed by atoms with Gasteiger partial charge in [0.15, 0.2) is 11.6 Å². The standard InChI is InChI=1S/C29H31NO5/c1-28(2,3)35-27(32)30-29(26(31)33-4)19-18-22-12-8-9-13-24(22)25(29)34-23-16-14-21(15-17-23)20-10-6-5-7-11-20/h5-17,25H,18-19H2,1-4H3,(H,30,32). The first-order valence-corrected chi connectivity index (χ1v) is 11.7. The molecule has 0 bridgehead atoms. The van der Waals surface area contributed by atoms with Gasteiger partial charge in [-0.3, -0.25) is 0 Å². The maximum Gasteiger partial charge on any atom is 0.408 e. The normalized spacial score (nSPS) is 19.3. The maximum atomic E-state index is 13.3. The zero-order valence-electron chi connectivity index (χ0n) is 20.5. The van der Waals surface area contributed by atoms with E-state index < -0.39 is 29.3 Å². The van der Waals surface area contributed by atoms with E-state index in [2.05, 4.69) is 5.32 Å². The van der Waals surface area contributed by atoms with E-state index in [1.165, 1.54) is 7.11 Å². The lowest BCUT2D eigenvalue weighted by molar-refractivity contribution is -0.154. The molecule has 2 atom stereocenters. The number of aryl methyl sites for hydroxylation is 1. The van der Waals surface area contributed by atoms with Crippen LogP contribution in [0.3, 0.4) is 0 Å². The SMILES string of the molecule is COC(=O)C1(NC(=O)OC(C)(C)C)CCc2ccccc2C1Oc1ccc(-c2ccccc2)cc1. The minimum Gasteiger partial charge on any atom is -0.483 e. The van der Waals surface area contributed by atoms with E-state index in [0.29, 0.717) is 18.6 Å². The average molecular weight is 474 g/mol. The lowest BCUT2D eigenvalue weighted by Crippen LogP contribution is -2.62. The van der Waals surface area contributed by atoms with Crippen LogP contribution in [0.5, 0.6) is 5.75 Å². The first-order chi connectivity index (χ1) is 16.7. The number of ether oxygens (including phenoxy) is 3. The van der Waals surface area contributed by atoms with E-state index in [0.717, 1.165) is 22.3 Å². The van der Waals surface area contributed by atoms with Crippen LogP contribution in [-0.4, -0.2) is 30.3 Å². The summed E-state index contributed by atoms with van der Waals surface area (Å²) in [6.45, 7) is 5.32. The van der Waals surface area contributed by atoms with Gasteiger partial charge in [-0.1, -0.05) is 66.7 Å². The molecule has 0 heterocycles. The smallest absolute Gasteiger partial charge is 0.408 e. The number of nitrogens with one attached hydrogen (secondary N) is 1. The van der Waals surface area contributed by atoms with Gasteiger partial charge in [-0.15, -0.1) is 0 Å². The quantitative estimate of drug-likeness (QED) is 0.470. The molecule has 4 rings (SSSR count). The summed E-state index contributed by atoms with van der Waals surface area (Å²) in [6.07, 6.45) is -0.623. The molecule has 35 heavy (non-hydrogen) atoms. The van der Waals surface area contributed by atoms with Crippen molar-refractivity contribution in [1.29, 1.82) is 0 Å². The van der Waals surface area contributed by atoms with Gasteiger partial charge in [-0.2, -0.15) is 0 Å². The zero-order valence-corrected chi connectivity index (χ0v) is 20.5. The number of rotatable bonds is 5. The highest BCUT2D eigenvalue weighted by atomic mass is 16.6. The Kier molecular flexibility index (Phi) is 6.83. The molecular weight excluding hydrogens is 442 g/mol. The van der Waals surface area contributed by atoms with Gasteiger partial charge >= 0.3 is 12.1 Å². The fraction of sp³-hybridized carbons (Fsp3) is 0.310. The molecule has 3 aromatic rings. The number of hydrogen-bond acceptors (Lipinski definition) is 5. The Morgan fingerprint density at radius 2 is 1.51 bits per heavy atom. The molecule has 1 N–H and O–H groups in total. The Bertz CT molecular complexity index is 1180. The van der Waals surface area contributed by atoms with Crippen molar-refractivity contribution in [1.82, 2.24) is 5.32 Å². The summed E-state index contributed by atoms with van der Waals surface area (Å²) in [5.74, 6) is -0.00517. The molecule has 1 aliphatic carbocycles. The lowest BCUT2D eigenvalue weighted by atomic mass is 9.75. The van der Waals surface area contributed by atoms with Crippen LogP contribution in [0.25, 0.3) is 11.1 Å². The van der Waals surface area contributed by atoms with Crippen molar-refractivity contribution in [2.75, 3.05) is 7.11 Å². The van der Waals surface area contributed by atoms with E-state index in [1.54, 1.807) is 20.8 Å². The molecule has 6 nitrogen and oxygen atoms in total. The Morgan fingerprint density at radius 1 is 0.886 bits per heavy atom. The molecule has 3 aromatic carbocycles. The number of carbonyl (C=O) groups excluding carboxylic acids is 2. The number of carbonyl (C=O) groups is 2. The Labute approximate surface area is 206 Å². The summed E-state index contributed by atoms with van der Waals surface area (Å²) < 4.78 is 17.2. The molecule has 0 aliphatic heterocycles. The van der Waals surface area contributed by atoms with Gasteiger partial charge in [0.1, 0.15) is 11.4 Å². The number of amides is 1. The monoisotopic (exact) mass is 473 g/mol. The number of hydrogen-bond donors (Lipinski definition) is 1. The molecule has 0 fully saturated rings. The van der Waals surface area contributed by atoms with E-state index >= 15 is 0 Å². The first-order valence-electron chi connectivity index (χ1n) is 11.7. The van der Waals surface area contributed by atoms with Gasteiger partial charge in [-0.05, 0) is 68.0 Å². The molecule has 182 valence electrons. The van der Waals surface area contributed by atoms with Crippen LogP contribution in [0.1, 0.15) is 44.4 Å². The van der Waals surface area contributed by atoms with Crippen molar-refractivity contribution in [3.8, 4) is 16.9 Å². The average Bonchev–Trinajstić information content (AvgIpc) is 2.84. The summed E-state index contributed by atoms with van der Waals surface area (Å²) in [6, 6.07) is 25.5. The number of alkyl carbamates (subject to hydrolysis) is 1. The minimum atomic E-state index is -1.45. The topological polar surface area (TPSA) is 73.9 Å². The molecule has 6 heteroatoms. The molecule has 1 amide bonds. The van der Waals surface area contributed by atoms with Crippen molar-refractivity contribution in [3.63, 3.8) is 0 Å². The summed E-state index contributed by atoms with van der Waals surface area (Å²) in [5.41, 5.74) is 1.85. The summed E-state index contributed by atoms with van der Waals surface area (Å²) in [7, 11) is 1.31. The highest BCUT2D eigenvalue weighted by Crippen LogP contribution is 2.42. The van der Waals surface area contributed by atoms with Crippen molar-refractivity contribution in [3.05, 3.63) is 90.0 Å². The van der Waals surface area contributed by atoms with Crippen LogP contribution in [0, 0.1) is 0 Å². The fourth-order valence-corrected chi connectivity index (χ4v) is 4.46. The molecule has 0 spiro atoms. The predicted octanol–water partition coefficient (Wildman–Crippen LogP) is 5.86. The molecule has 0 radical (unpaired) electrons. The summed E-state index contributed by atoms with van der Waals surface area (Å²) in [5, 5.41) is 2.83. The van der Waals surface area contributed by atoms with Crippen molar-refractivity contribution < 1.29 is 23.8 Å². The zero-order chi connectivity index (χ0) is 25.1. The molecule has 0 saturated heterocycles. The first kappa shape index (κ1) is 24.3. The summed E-state index contributed by atoms with van der Waals surface area (Å²) in [4.78, 5) is 26.1. The van der Waals surface area contributed by atoms with Gasteiger partial charge in [0.05, 0.1) is 7.11 Å². The van der Waals surface area contributed by atoms with Crippen LogP contribution in [0.15, 0.2) is 78.9 Å². The second-order valence-electron chi connectivity index (χ2n) is 9.68. The predicted molar refractivity (Wildman–Crippen MR) is 134 cm³/mol. The largest absolute Gasteiger partial charge is 0.483 e. The van der Waals surface area contributed by atoms with Gasteiger partial charge in [0.2, 0.25) is 0 Å². The minimum absolute atomic E-state index is 0.308. The Hall–Kier alpha value is -3.80. The van der Waals surface area contributed by atoms with E-state index in [-0.39, 0.29) is 0 Å². The van der Waals surface area contributed by atoms with E-state index in [9.17, 15) is 9.59 Å². The Balaban J connectivity index is 1.71. The Morgan fingerprint density at radius 3 is 2.17 bits per heavy atom. The van der Waals surface area contributed by atoms with E-state index in [1.807, 2.05) is 78.9 Å². The number of benzene rings is 3. The number of esters is 1. The molecule has 0 aromatic heterocycles. The lowest BCUT2D eigenvalue weighted by Gasteiger charge is -2.42. The third-order valence-corrected chi connectivity index (χ3v) is 6.06.